The zero-order chi connectivity index (χ0) is 13.8. The highest BCUT2D eigenvalue weighted by molar-refractivity contribution is 6.42. The molecule has 0 spiro atoms. The lowest BCUT2D eigenvalue weighted by atomic mass is 10.1. The molecule has 0 saturated carbocycles. The molecule has 0 amide bonds. The van der Waals surface area contributed by atoms with Crippen LogP contribution in [0.4, 0.5) is 13.2 Å². The molecule has 0 atom stereocenters. The maximum atomic E-state index is 11.8. The van der Waals surface area contributed by atoms with Crippen molar-refractivity contribution in [3.05, 3.63) is 33.8 Å². The lowest BCUT2D eigenvalue weighted by Gasteiger charge is -2.07. The number of carbonyl (C=O) groups is 1. The summed E-state index contributed by atoms with van der Waals surface area (Å²) in [5.74, 6) is -0.448. The van der Waals surface area contributed by atoms with E-state index in [0.717, 1.165) is 0 Å². The van der Waals surface area contributed by atoms with Crippen LogP contribution in [0.25, 0.3) is 0 Å². The van der Waals surface area contributed by atoms with Crippen LogP contribution in [0.2, 0.25) is 10.0 Å². The fraction of sp³-hybridized carbons (Fsp3) is 0.364. The molecule has 18 heavy (non-hydrogen) atoms. The quantitative estimate of drug-likeness (QED) is 0.603. The van der Waals surface area contributed by atoms with Crippen LogP contribution in [0.1, 0.15) is 16.8 Å². The Morgan fingerprint density at radius 1 is 1.22 bits per heavy atom. The lowest BCUT2D eigenvalue weighted by Crippen LogP contribution is -2.15. The third kappa shape index (κ3) is 5.25. The smallest absolute Gasteiger partial charge is 0.373 e. The molecule has 0 aliphatic heterocycles. The van der Waals surface area contributed by atoms with E-state index in [0.29, 0.717) is 5.02 Å². The van der Waals surface area contributed by atoms with Crippen molar-refractivity contribution in [2.45, 2.75) is 12.6 Å². The van der Waals surface area contributed by atoms with Gasteiger partial charge in [-0.25, -0.2) is 0 Å². The number of rotatable bonds is 5. The second-order valence-corrected chi connectivity index (χ2v) is 4.28. The van der Waals surface area contributed by atoms with E-state index in [2.05, 4.69) is 4.74 Å². The highest BCUT2D eigenvalue weighted by atomic mass is 35.5. The van der Waals surface area contributed by atoms with Gasteiger partial charge >= 0.3 is 6.18 Å². The van der Waals surface area contributed by atoms with Gasteiger partial charge in [-0.3, -0.25) is 4.79 Å². The molecule has 0 aliphatic carbocycles. The average molecular weight is 301 g/mol. The molecule has 1 aromatic carbocycles. The van der Waals surface area contributed by atoms with Crippen molar-refractivity contribution in [2.75, 3.05) is 13.2 Å². The number of alkyl halides is 3. The molecule has 0 fully saturated rings. The van der Waals surface area contributed by atoms with Crippen molar-refractivity contribution in [1.29, 1.82) is 0 Å². The van der Waals surface area contributed by atoms with Crippen molar-refractivity contribution in [3.63, 3.8) is 0 Å². The summed E-state index contributed by atoms with van der Waals surface area (Å²) in [5, 5.41) is 0.504. The summed E-state index contributed by atoms with van der Waals surface area (Å²) in [6.07, 6.45) is -5.37. The summed E-state index contributed by atoms with van der Waals surface area (Å²) in [6, 6.07) is 4.22. The van der Waals surface area contributed by atoms with E-state index >= 15 is 0 Å². The Labute approximate surface area is 112 Å². The molecule has 2 nitrogen and oxygen atoms in total. The standard InChI is InChI=1S/C11H9Cl2F3O2/c12-8-2-1-7(5-9(8)13)10(17)6-18-4-3-11(14,15)16/h1-2,5H,3-4,6H2. The van der Waals surface area contributed by atoms with Crippen LogP contribution < -0.4 is 0 Å². The fourth-order valence-corrected chi connectivity index (χ4v) is 1.40. The first kappa shape index (κ1) is 15.3. The van der Waals surface area contributed by atoms with Gasteiger partial charge in [-0.1, -0.05) is 23.2 Å². The largest absolute Gasteiger partial charge is 0.391 e. The molecule has 0 aromatic heterocycles. The van der Waals surface area contributed by atoms with Crippen molar-refractivity contribution in [2.24, 2.45) is 0 Å². The monoisotopic (exact) mass is 300 g/mol. The molecule has 7 heteroatoms. The Morgan fingerprint density at radius 2 is 1.89 bits per heavy atom. The first-order valence-electron chi connectivity index (χ1n) is 4.92. The zero-order valence-electron chi connectivity index (χ0n) is 9.06. The summed E-state index contributed by atoms with van der Waals surface area (Å²) in [4.78, 5) is 11.5. The van der Waals surface area contributed by atoms with E-state index in [1.165, 1.54) is 18.2 Å². The third-order valence-corrected chi connectivity index (χ3v) is 2.74. The van der Waals surface area contributed by atoms with Crippen LogP contribution in [0.3, 0.4) is 0 Å². The van der Waals surface area contributed by atoms with Crippen LogP contribution >= 0.6 is 23.2 Å². The van der Waals surface area contributed by atoms with Crippen LogP contribution in [0.5, 0.6) is 0 Å². The average Bonchev–Trinajstić information content (AvgIpc) is 2.26. The van der Waals surface area contributed by atoms with E-state index < -0.39 is 31.6 Å². The van der Waals surface area contributed by atoms with Gasteiger partial charge in [-0.2, -0.15) is 13.2 Å². The van der Waals surface area contributed by atoms with Crippen molar-refractivity contribution >= 4 is 29.0 Å². The van der Waals surface area contributed by atoms with Gasteiger partial charge in [0, 0.05) is 5.56 Å². The summed E-state index contributed by atoms with van der Waals surface area (Å²) < 4.78 is 40.1. The van der Waals surface area contributed by atoms with Gasteiger partial charge in [0.15, 0.2) is 5.78 Å². The minimum atomic E-state index is -4.29. The molecular weight excluding hydrogens is 292 g/mol. The summed E-state index contributed by atoms with van der Waals surface area (Å²) >= 11 is 11.4. The number of hydrogen-bond donors (Lipinski definition) is 0. The predicted octanol–water partition coefficient (Wildman–Crippen LogP) is 4.15. The molecule has 100 valence electrons. The summed E-state index contributed by atoms with van der Waals surface area (Å²) in [5.41, 5.74) is 0.247. The Morgan fingerprint density at radius 3 is 2.44 bits per heavy atom. The Kier molecular flexibility index (Phi) is 5.44. The third-order valence-electron chi connectivity index (χ3n) is 2.00. The second kappa shape index (κ2) is 6.41. The van der Waals surface area contributed by atoms with Crippen LogP contribution in [0.15, 0.2) is 18.2 Å². The molecule has 0 N–H and O–H groups in total. The second-order valence-electron chi connectivity index (χ2n) is 3.47. The number of benzene rings is 1. The number of carbonyl (C=O) groups excluding carboxylic acids is 1. The lowest BCUT2D eigenvalue weighted by molar-refractivity contribution is -0.144. The number of halogens is 5. The van der Waals surface area contributed by atoms with Gasteiger partial charge in [0.1, 0.15) is 6.61 Å². The fourth-order valence-electron chi connectivity index (χ4n) is 1.11. The predicted molar refractivity (Wildman–Crippen MR) is 62.3 cm³/mol. The van der Waals surface area contributed by atoms with Crippen LogP contribution in [0, 0.1) is 0 Å². The Bertz CT molecular complexity index is 433. The molecule has 0 unspecified atom stereocenters. The Balaban J connectivity index is 2.43. The molecular formula is C11H9Cl2F3O2. The normalized spacial score (nSPS) is 11.6. The minimum absolute atomic E-state index is 0.206. The zero-order valence-corrected chi connectivity index (χ0v) is 10.6. The van der Waals surface area contributed by atoms with Gasteiger partial charge < -0.3 is 4.74 Å². The summed E-state index contributed by atoms with van der Waals surface area (Å²) in [7, 11) is 0. The maximum Gasteiger partial charge on any atom is 0.391 e. The van der Waals surface area contributed by atoms with Crippen molar-refractivity contribution in [3.8, 4) is 0 Å². The van der Waals surface area contributed by atoms with Gasteiger partial charge in [0.05, 0.1) is 23.1 Å². The topological polar surface area (TPSA) is 26.3 Å². The van der Waals surface area contributed by atoms with Gasteiger partial charge in [0.2, 0.25) is 0 Å². The molecule has 0 saturated heterocycles. The van der Waals surface area contributed by atoms with Crippen molar-refractivity contribution in [1.82, 2.24) is 0 Å². The highest BCUT2D eigenvalue weighted by Gasteiger charge is 2.26. The van der Waals surface area contributed by atoms with Crippen molar-refractivity contribution < 1.29 is 22.7 Å². The highest BCUT2D eigenvalue weighted by Crippen LogP contribution is 2.23. The van der Waals surface area contributed by atoms with E-state index in [1.54, 1.807) is 0 Å². The molecule has 0 aliphatic rings. The Hall–Kier alpha value is -0.780. The number of Topliss-reactive ketones (excluding diaryl/α,β-unsaturated/α-hetero) is 1. The molecule has 0 radical (unpaired) electrons. The van der Waals surface area contributed by atoms with E-state index in [-0.39, 0.29) is 10.6 Å². The van der Waals surface area contributed by atoms with E-state index in [4.69, 9.17) is 23.2 Å². The number of ether oxygens (including phenoxy) is 1. The summed E-state index contributed by atoms with van der Waals surface area (Å²) in [6.45, 7) is -0.968. The first-order chi connectivity index (χ1) is 8.29. The van der Waals surface area contributed by atoms with Crippen LogP contribution in [-0.4, -0.2) is 25.2 Å². The number of ketones is 1. The molecule has 0 heterocycles. The maximum absolute atomic E-state index is 11.8. The van der Waals surface area contributed by atoms with Gasteiger partial charge in [-0.05, 0) is 18.2 Å². The van der Waals surface area contributed by atoms with Crippen LogP contribution in [-0.2, 0) is 4.74 Å². The minimum Gasteiger partial charge on any atom is -0.373 e. The molecule has 1 aromatic rings. The SMILES string of the molecule is O=C(COCCC(F)(F)F)c1ccc(Cl)c(Cl)c1. The molecule has 1 rings (SSSR count). The van der Waals surface area contributed by atoms with Gasteiger partial charge in [0.25, 0.3) is 0 Å². The van der Waals surface area contributed by atoms with E-state index in [1.807, 2.05) is 0 Å². The first-order valence-corrected chi connectivity index (χ1v) is 5.68. The van der Waals surface area contributed by atoms with Gasteiger partial charge in [-0.15, -0.1) is 0 Å². The molecule has 0 bridgehead atoms. The number of hydrogen-bond acceptors (Lipinski definition) is 2. The van der Waals surface area contributed by atoms with E-state index in [9.17, 15) is 18.0 Å².